The van der Waals surface area contributed by atoms with Gasteiger partial charge in [0.05, 0.1) is 16.4 Å². The van der Waals surface area contributed by atoms with Crippen LogP contribution in [0.5, 0.6) is 0 Å². The molecule has 1 fully saturated rings. The van der Waals surface area contributed by atoms with Crippen molar-refractivity contribution in [3.63, 3.8) is 0 Å². The highest BCUT2D eigenvalue weighted by atomic mass is 127. The lowest BCUT2D eigenvalue weighted by Gasteiger charge is -2.31. The maximum atomic E-state index is 14.5. The van der Waals surface area contributed by atoms with Crippen LogP contribution in [0.4, 0.5) is 25.8 Å². The number of hydrogen-bond acceptors (Lipinski definition) is 4. The third-order valence-corrected chi connectivity index (χ3v) is 7.23. The quantitative estimate of drug-likeness (QED) is 0.464. The van der Waals surface area contributed by atoms with Gasteiger partial charge in [0.2, 0.25) is 0 Å². The van der Waals surface area contributed by atoms with Crippen molar-refractivity contribution >= 4 is 61.5 Å². The molecule has 0 unspecified atom stereocenters. The summed E-state index contributed by atoms with van der Waals surface area (Å²) in [7, 11) is -2.10. The van der Waals surface area contributed by atoms with Crippen LogP contribution in [-0.4, -0.2) is 38.9 Å². The minimum atomic E-state index is -3.94. The van der Waals surface area contributed by atoms with Gasteiger partial charge in [0.15, 0.2) is 11.6 Å². The molecule has 158 valence electrons. The summed E-state index contributed by atoms with van der Waals surface area (Å²) in [6.07, 6.45) is 1.33. The highest BCUT2D eigenvalue weighted by Gasteiger charge is 2.29. The molecule has 3 rings (SSSR count). The summed E-state index contributed by atoms with van der Waals surface area (Å²) in [5, 5.41) is 6.14. The van der Waals surface area contributed by atoms with Crippen molar-refractivity contribution in [1.29, 1.82) is 0 Å². The van der Waals surface area contributed by atoms with Gasteiger partial charge in [-0.3, -0.25) is 4.72 Å². The molecule has 0 atom stereocenters. The van der Waals surface area contributed by atoms with Crippen LogP contribution in [0.1, 0.15) is 12.8 Å². The van der Waals surface area contributed by atoms with Crippen LogP contribution in [0.15, 0.2) is 30.3 Å². The summed E-state index contributed by atoms with van der Waals surface area (Å²) in [6.45, 7) is 0.659. The fourth-order valence-corrected chi connectivity index (χ4v) is 5.24. The summed E-state index contributed by atoms with van der Waals surface area (Å²) in [6, 6.07) is 7.30. The molecule has 29 heavy (non-hydrogen) atoms. The first-order valence-electron chi connectivity index (χ1n) is 8.86. The lowest BCUT2D eigenvalue weighted by atomic mass is 10.1. The molecule has 2 aromatic rings. The van der Waals surface area contributed by atoms with Crippen molar-refractivity contribution in [2.24, 2.45) is 0 Å². The second-order valence-corrected chi connectivity index (χ2v) is 9.93. The molecule has 1 aliphatic rings. The molecule has 0 saturated carbocycles. The zero-order valence-corrected chi connectivity index (χ0v) is 19.2. The van der Waals surface area contributed by atoms with Crippen LogP contribution < -0.4 is 15.4 Å². The Hall–Kier alpha value is -1.21. The van der Waals surface area contributed by atoms with Crippen LogP contribution in [0.25, 0.3) is 0 Å². The van der Waals surface area contributed by atoms with E-state index < -0.39 is 21.8 Å². The van der Waals surface area contributed by atoms with E-state index in [1.807, 2.05) is 7.05 Å². The van der Waals surface area contributed by atoms with Crippen molar-refractivity contribution in [2.75, 3.05) is 30.2 Å². The summed E-state index contributed by atoms with van der Waals surface area (Å²) in [5.41, 5.74) is -0.108. The van der Waals surface area contributed by atoms with E-state index in [-0.39, 0.29) is 17.4 Å². The van der Waals surface area contributed by atoms with E-state index in [0.717, 1.165) is 9.64 Å². The van der Waals surface area contributed by atoms with Gasteiger partial charge in [-0.05, 0) is 72.8 Å². The van der Waals surface area contributed by atoms with E-state index in [1.165, 1.54) is 10.4 Å². The lowest BCUT2D eigenvalue weighted by molar-refractivity contribution is 0.300. The second-order valence-electron chi connectivity index (χ2n) is 6.60. The number of nitrogens with one attached hydrogen (secondary N) is 3. The zero-order valence-electron chi connectivity index (χ0n) is 15.5. The first-order valence-corrected chi connectivity index (χ1v) is 11.8. The zero-order chi connectivity index (χ0) is 21.2. The number of piperidine rings is 1. The summed E-state index contributed by atoms with van der Waals surface area (Å²) >= 11 is 8.24. The predicted molar refractivity (Wildman–Crippen MR) is 120 cm³/mol. The Kier molecular flexibility index (Phi) is 7.20. The largest absolute Gasteiger partial charge is 0.350 e. The molecule has 0 radical (unpaired) electrons. The van der Waals surface area contributed by atoms with Gasteiger partial charge in [0.1, 0.15) is 5.69 Å². The van der Waals surface area contributed by atoms with E-state index in [0.29, 0.717) is 36.6 Å². The van der Waals surface area contributed by atoms with E-state index >= 15 is 0 Å². The van der Waals surface area contributed by atoms with E-state index in [2.05, 4.69) is 37.9 Å². The maximum Gasteiger partial charge on any atom is 0.301 e. The number of nitrogens with zero attached hydrogens (tertiary/aromatic N) is 1. The van der Waals surface area contributed by atoms with Crippen LogP contribution in [0.2, 0.25) is 5.02 Å². The molecule has 6 nitrogen and oxygen atoms in total. The van der Waals surface area contributed by atoms with Gasteiger partial charge in [-0.15, -0.1) is 0 Å². The summed E-state index contributed by atoms with van der Waals surface area (Å²) in [5.74, 6) is -2.30. The fraction of sp³-hybridized carbons (Fsp3) is 0.333. The molecule has 0 aromatic heterocycles. The standard InChI is InChI=1S/C18H20ClF2IN4O2S/c1-23-12-6-8-26(9-7-12)29(27,28)25-16-5-3-14(20)17(21)18(16)24-15-4-2-11(22)10-13(15)19/h2-5,10,12,23-25H,6-9H2,1H3. The predicted octanol–water partition coefficient (Wildman–Crippen LogP) is 4.31. The molecule has 2 aromatic carbocycles. The Morgan fingerprint density at radius 3 is 2.41 bits per heavy atom. The van der Waals surface area contributed by atoms with Gasteiger partial charge < -0.3 is 10.6 Å². The highest BCUT2D eigenvalue weighted by molar-refractivity contribution is 14.1. The molecule has 1 saturated heterocycles. The molecule has 1 heterocycles. The first-order chi connectivity index (χ1) is 13.7. The van der Waals surface area contributed by atoms with Crippen molar-refractivity contribution in [3.05, 3.63) is 50.6 Å². The van der Waals surface area contributed by atoms with Gasteiger partial charge in [-0.25, -0.2) is 8.78 Å². The van der Waals surface area contributed by atoms with Crippen LogP contribution in [0.3, 0.4) is 0 Å². The minimum Gasteiger partial charge on any atom is -0.350 e. The molecular formula is C18H20ClF2IN4O2S. The van der Waals surface area contributed by atoms with E-state index in [4.69, 9.17) is 11.6 Å². The molecule has 3 N–H and O–H groups in total. The highest BCUT2D eigenvalue weighted by Crippen LogP contribution is 2.34. The Morgan fingerprint density at radius 2 is 1.79 bits per heavy atom. The monoisotopic (exact) mass is 556 g/mol. The first kappa shape index (κ1) is 22.5. The van der Waals surface area contributed by atoms with Crippen molar-refractivity contribution in [3.8, 4) is 0 Å². The average molecular weight is 557 g/mol. The van der Waals surface area contributed by atoms with Gasteiger partial charge in [0, 0.05) is 22.7 Å². The van der Waals surface area contributed by atoms with Crippen molar-refractivity contribution < 1.29 is 17.2 Å². The molecule has 0 bridgehead atoms. The molecule has 0 amide bonds. The average Bonchev–Trinajstić information content (AvgIpc) is 2.69. The van der Waals surface area contributed by atoms with E-state index in [9.17, 15) is 17.2 Å². The fourth-order valence-electron chi connectivity index (χ4n) is 3.07. The molecule has 0 spiro atoms. The normalized spacial score (nSPS) is 16.0. The Balaban J connectivity index is 1.88. The number of hydrogen-bond donors (Lipinski definition) is 3. The van der Waals surface area contributed by atoms with Gasteiger partial charge in [-0.1, -0.05) is 11.6 Å². The Morgan fingerprint density at radius 1 is 1.14 bits per heavy atom. The maximum absolute atomic E-state index is 14.5. The van der Waals surface area contributed by atoms with Gasteiger partial charge >= 0.3 is 10.2 Å². The van der Waals surface area contributed by atoms with Gasteiger partial charge in [-0.2, -0.15) is 12.7 Å². The third kappa shape index (κ3) is 5.29. The smallest absolute Gasteiger partial charge is 0.301 e. The summed E-state index contributed by atoms with van der Waals surface area (Å²) < 4.78 is 58.5. The SMILES string of the molecule is CNC1CCN(S(=O)(=O)Nc2ccc(F)c(F)c2Nc2ccc(I)cc2Cl)CC1. The number of anilines is 3. The Bertz CT molecular complexity index is 1000. The second kappa shape index (κ2) is 9.29. The van der Waals surface area contributed by atoms with E-state index in [1.54, 1.807) is 18.2 Å². The van der Waals surface area contributed by atoms with Gasteiger partial charge in [0.25, 0.3) is 0 Å². The third-order valence-electron chi connectivity index (χ3n) is 4.73. The number of benzene rings is 2. The molecule has 1 aliphatic heterocycles. The van der Waals surface area contributed by atoms with Crippen LogP contribution >= 0.6 is 34.2 Å². The lowest BCUT2D eigenvalue weighted by Crippen LogP contribution is -2.45. The molecule has 11 heteroatoms. The topological polar surface area (TPSA) is 73.5 Å². The minimum absolute atomic E-state index is 0.103. The van der Waals surface area contributed by atoms with Crippen molar-refractivity contribution in [1.82, 2.24) is 9.62 Å². The van der Waals surface area contributed by atoms with Crippen molar-refractivity contribution in [2.45, 2.75) is 18.9 Å². The summed E-state index contributed by atoms with van der Waals surface area (Å²) in [4.78, 5) is 0. The van der Waals surface area contributed by atoms with Crippen LogP contribution in [-0.2, 0) is 10.2 Å². The number of halogens is 4. The number of rotatable bonds is 6. The molecule has 0 aliphatic carbocycles. The van der Waals surface area contributed by atoms with Crippen LogP contribution in [0, 0.1) is 15.2 Å². The molecular weight excluding hydrogens is 537 g/mol. The Labute approximate surface area is 187 Å².